The van der Waals surface area contributed by atoms with Gasteiger partial charge in [0.15, 0.2) is 10.1 Å². The van der Waals surface area contributed by atoms with E-state index >= 15 is 0 Å². The van der Waals surface area contributed by atoms with Gasteiger partial charge in [-0.25, -0.2) is 26.7 Å². The van der Waals surface area contributed by atoms with Gasteiger partial charge in [-0.15, -0.1) is 0 Å². The van der Waals surface area contributed by atoms with Crippen molar-refractivity contribution in [2.45, 2.75) is 115 Å². The van der Waals surface area contributed by atoms with Crippen molar-refractivity contribution >= 4 is 10.1 Å². The molecule has 5 nitrogen and oxygen atoms in total. The van der Waals surface area contributed by atoms with Crippen LogP contribution < -0.4 is 4.57 Å². The van der Waals surface area contributed by atoms with Gasteiger partial charge in [-0.05, 0) is 6.42 Å². The number of imidazole rings is 1. The molecule has 0 aliphatic heterocycles. The molecule has 32 heavy (non-hydrogen) atoms. The highest BCUT2D eigenvalue weighted by molar-refractivity contribution is 7.86. The van der Waals surface area contributed by atoms with E-state index in [2.05, 4.69) is 29.7 Å². The van der Waals surface area contributed by atoms with Gasteiger partial charge >= 0.3 is 11.7 Å². The van der Waals surface area contributed by atoms with Crippen LogP contribution in [0.25, 0.3) is 0 Å². The van der Waals surface area contributed by atoms with Crippen LogP contribution in [-0.2, 0) is 23.6 Å². The molecule has 0 saturated heterocycles. The SMILES string of the molecule is CCCCCCCCCCCCCCCCc1[nH]cc[n+]1C.O=S(=O)([O-])C(F)(F)C(F)F. The number of nitrogens with one attached hydrogen (secondary N) is 1. The summed E-state index contributed by atoms with van der Waals surface area (Å²) in [5.74, 6) is 1.36. The highest BCUT2D eigenvalue weighted by atomic mass is 32.2. The molecule has 0 amide bonds. The Balaban J connectivity index is 0.000000809. The molecule has 0 saturated carbocycles. The molecular formula is C22H40F4N2O3S. The normalized spacial score (nSPS) is 12.1. The largest absolute Gasteiger partial charge is 0.743 e. The molecule has 1 aromatic rings. The summed E-state index contributed by atoms with van der Waals surface area (Å²) in [6.45, 7) is 2.29. The first-order chi connectivity index (χ1) is 15.0. The van der Waals surface area contributed by atoms with Gasteiger partial charge in [-0.2, -0.15) is 8.78 Å². The number of alkyl halides is 4. The maximum absolute atomic E-state index is 11.4. The van der Waals surface area contributed by atoms with Crippen LogP contribution in [0.1, 0.15) is 103 Å². The van der Waals surface area contributed by atoms with Gasteiger partial charge in [-0.1, -0.05) is 90.4 Å². The third kappa shape index (κ3) is 14.1. The summed E-state index contributed by atoms with van der Waals surface area (Å²) < 4.78 is 74.9. The Morgan fingerprint density at radius 3 is 1.59 bits per heavy atom. The topological polar surface area (TPSA) is 76.9 Å². The second-order valence-electron chi connectivity index (χ2n) is 8.18. The third-order valence-corrected chi connectivity index (χ3v) is 6.17. The molecule has 1 aromatic heterocycles. The molecule has 0 fully saturated rings. The molecule has 0 bridgehead atoms. The number of aromatic amines is 1. The maximum Gasteiger partial charge on any atom is 0.393 e. The number of H-pyrrole nitrogens is 1. The fraction of sp³-hybridized carbons (Fsp3) is 0.864. The molecule has 0 atom stereocenters. The van der Waals surface area contributed by atoms with E-state index in [9.17, 15) is 30.5 Å². The summed E-state index contributed by atoms with van der Waals surface area (Å²) in [5, 5.41) is -5.48. The number of hydrogen-bond acceptors (Lipinski definition) is 3. The van der Waals surface area contributed by atoms with E-state index in [0.29, 0.717) is 0 Å². The smallest absolute Gasteiger partial charge is 0.393 e. The van der Waals surface area contributed by atoms with Crippen molar-refractivity contribution in [1.82, 2.24) is 4.98 Å². The predicted molar refractivity (Wildman–Crippen MR) is 117 cm³/mol. The monoisotopic (exact) mass is 488 g/mol. The van der Waals surface area contributed by atoms with E-state index in [4.69, 9.17) is 0 Å². The molecule has 0 spiro atoms. The van der Waals surface area contributed by atoms with Crippen LogP contribution >= 0.6 is 0 Å². The van der Waals surface area contributed by atoms with Crippen molar-refractivity contribution in [3.05, 3.63) is 18.2 Å². The quantitative estimate of drug-likeness (QED) is 0.122. The van der Waals surface area contributed by atoms with Gasteiger partial charge in [0.1, 0.15) is 12.4 Å². The Kier molecular flexibility index (Phi) is 16.7. The van der Waals surface area contributed by atoms with Crippen LogP contribution in [0.5, 0.6) is 0 Å². The number of hydrogen-bond donors (Lipinski definition) is 1. The fourth-order valence-corrected chi connectivity index (χ4v) is 3.50. The van der Waals surface area contributed by atoms with Gasteiger partial charge in [0.25, 0.3) is 5.82 Å². The van der Waals surface area contributed by atoms with Crippen molar-refractivity contribution in [2.24, 2.45) is 7.05 Å². The van der Waals surface area contributed by atoms with Crippen LogP contribution in [0.3, 0.4) is 0 Å². The van der Waals surface area contributed by atoms with Gasteiger partial charge < -0.3 is 4.55 Å². The average Bonchev–Trinajstić information content (AvgIpc) is 3.12. The summed E-state index contributed by atoms with van der Waals surface area (Å²) in [5.41, 5.74) is 0. The summed E-state index contributed by atoms with van der Waals surface area (Å²) in [6, 6.07) is 0. The molecule has 190 valence electrons. The van der Waals surface area contributed by atoms with E-state index in [1.165, 1.54) is 102 Å². The van der Waals surface area contributed by atoms with Gasteiger partial charge in [0.05, 0.1) is 7.05 Å². The molecule has 10 heteroatoms. The van der Waals surface area contributed by atoms with Crippen LogP contribution in [0.15, 0.2) is 12.4 Å². The number of rotatable bonds is 17. The van der Waals surface area contributed by atoms with E-state index in [-0.39, 0.29) is 0 Å². The average molecular weight is 489 g/mol. The zero-order valence-corrected chi connectivity index (χ0v) is 20.2. The number of aryl methyl sites for hydroxylation is 2. The molecule has 0 aliphatic carbocycles. The first kappa shape index (κ1) is 30.8. The molecule has 0 radical (unpaired) electrons. The summed E-state index contributed by atoms with van der Waals surface area (Å²) in [6.07, 6.45) is 20.9. The van der Waals surface area contributed by atoms with E-state index in [0.717, 1.165) is 0 Å². The fourth-order valence-electron chi connectivity index (χ4n) is 3.28. The molecule has 0 unspecified atom stereocenters. The number of nitrogens with zero attached hydrogens (tertiary/aromatic N) is 1. The van der Waals surface area contributed by atoms with E-state index in [1.54, 1.807) is 0 Å². The first-order valence-corrected chi connectivity index (χ1v) is 13.1. The Labute approximate surface area is 190 Å². The highest BCUT2D eigenvalue weighted by Crippen LogP contribution is 2.27. The van der Waals surface area contributed by atoms with Crippen LogP contribution in [0, 0.1) is 0 Å². The summed E-state index contributed by atoms with van der Waals surface area (Å²) in [7, 11) is -4.11. The number of aromatic nitrogens is 2. The van der Waals surface area contributed by atoms with E-state index < -0.39 is 21.8 Å². The standard InChI is InChI=1S/C20H38N2.C2H2F4O3S/c1-3-4-5-6-7-8-9-10-11-12-13-14-15-16-17-20-21-18-19-22(20)2;3-1(4)2(5,6)10(7,8)9/h18-19H,3-17H2,1-2H3;1H,(H,7,8,9). The Bertz CT molecular complexity index is 682. The van der Waals surface area contributed by atoms with Crippen molar-refractivity contribution < 1.29 is 35.1 Å². The Hall–Kier alpha value is -1.16. The predicted octanol–water partition coefficient (Wildman–Crippen LogP) is 6.25. The summed E-state index contributed by atoms with van der Waals surface area (Å²) in [4.78, 5) is 3.32. The lowest BCUT2D eigenvalue weighted by atomic mass is 10.0. The number of unbranched alkanes of at least 4 members (excludes halogenated alkanes) is 13. The van der Waals surface area contributed by atoms with Crippen LogP contribution in [0.2, 0.25) is 0 Å². The highest BCUT2D eigenvalue weighted by Gasteiger charge is 2.48. The van der Waals surface area contributed by atoms with Crippen molar-refractivity contribution in [2.75, 3.05) is 0 Å². The van der Waals surface area contributed by atoms with Crippen LogP contribution in [-0.4, -0.2) is 29.6 Å². The van der Waals surface area contributed by atoms with E-state index in [1.807, 2.05) is 6.20 Å². The lowest BCUT2D eigenvalue weighted by Gasteiger charge is -2.17. The second-order valence-corrected chi connectivity index (χ2v) is 9.63. The molecule has 0 aliphatic rings. The molecule has 1 heterocycles. The lowest BCUT2D eigenvalue weighted by Crippen LogP contribution is -2.36. The molecule has 1 N–H and O–H groups in total. The minimum absolute atomic E-state index is 1.20. The van der Waals surface area contributed by atoms with Gasteiger partial charge in [0, 0.05) is 6.42 Å². The minimum atomic E-state index is -6.23. The first-order valence-electron chi connectivity index (χ1n) is 11.7. The zero-order valence-electron chi connectivity index (χ0n) is 19.4. The lowest BCUT2D eigenvalue weighted by molar-refractivity contribution is -0.677. The summed E-state index contributed by atoms with van der Waals surface area (Å²) >= 11 is 0. The molecule has 1 rings (SSSR count). The van der Waals surface area contributed by atoms with Crippen molar-refractivity contribution in [3.63, 3.8) is 0 Å². The van der Waals surface area contributed by atoms with Gasteiger partial charge in [-0.3, -0.25) is 0 Å². The maximum atomic E-state index is 11.4. The van der Waals surface area contributed by atoms with Gasteiger partial charge in [0.2, 0.25) is 0 Å². The minimum Gasteiger partial charge on any atom is -0.743 e. The second kappa shape index (κ2) is 17.3. The Morgan fingerprint density at radius 2 is 1.31 bits per heavy atom. The van der Waals surface area contributed by atoms with Crippen LogP contribution in [0.4, 0.5) is 17.6 Å². The Morgan fingerprint density at radius 1 is 0.906 bits per heavy atom. The molecule has 0 aromatic carbocycles. The zero-order chi connectivity index (χ0) is 24.5. The molecular weight excluding hydrogens is 448 g/mol. The number of halogens is 4. The van der Waals surface area contributed by atoms with Crippen molar-refractivity contribution in [1.29, 1.82) is 0 Å². The van der Waals surface area contributed by atoms with Crippen molar-refractivity contribution in [3.8, 4) is 0 Å². The third-order valence-electron chi connectivity index (χ3n) is 5.33.